The van der Waals surface area contributed by atoms with Crippen LogP contribution in [0.5, 0.6) is 0 Å². The number of H-pyrrole nitrogens is 1. The molecule has 0 fully saturated rings. The van der Waals surface area contributed by atoms with Crippen LogP contribution in [0.25, 0.3) is 22.2 Å². The molecule has 0 saturated carbocycles. The lowest BCUT2D eigenvalue weighted by Crippen LogP contribution is -2.08. The van der Waals surface area contributed by atoms with Gasteiger partial charge in [0, 0.05) is 32.7 Å². The second kappa shape index (κ2) is 7.70. The average molecular weight is 414 g/mol. The Morgan fingerprint density at radius 1 is 1.18 bits per heavy atom. The van der Waals surface area contributed by atoms with Crippen LogP contribution in [0, 0.1) is 0 Å². The lowest BCUT2D eigenvalue weighted by molar-refractivity contribution is 0.0518. The van der Waals surface area contributed by atoms with Crippen molar-refractivity contribution in [2.75, 3.05) is 6.61 Å². The fourth-order valence-corrected chi connectivity index (χ4v) is 3.62. The first kappa shape index (κ1) is 18.6. The van der Waals surface area contributed by atoms with Gasteiger partial charge in [-0.05, 0) is 36.8 Å². The maximum atomic E-state index is 12.3. The van der Waals surface area contributed by atoms with Crippen molar-refractivity contribution in [3.63, 3.8) is 0 Å². The summed E-state index contributed by atoms with van der Waals surface area (Å²) in [4.78, 5) is 15.5. The number of para-hydroxylation sites is 1. The summed E-state index contributed by atoms with van der Waals surface area (Å²) in [6.07, 6.45) is 1.91. The molecule has 142 valence electrons. The van der Waals surface area contributed by atoms with Gasteiger partial charge in [0.25, 0.3) is 0 Å². The Balaban J connectivity index is 1.83. The molecule has 0 aliphatic heterocycles. The van der Waals surface area contributed by atoms with Crippen LogP contribution in [0.3, 0.4) is 0 Å². The highest BCUT2D eigenvalue weighted by Gasteiger charge is 2.19. The maximum absolute atomic E-state index is 12.3. The van der Waals surface area contributed by atoms with Crippen LogP contribution in [0.2, 0.25) is 10.0 Å². The van der Waals surface area contributed by atoms with Crippen molar-refractivity contribution in [1.29, 1.82) is 0 Å². The number of ether oxygens (including phenoxy) is 1. The van der Waals surface area contributed by atoms with Crippen molar-refractivity contribution in [2.24, 2.45) is 0 Å². The van der Waals surface area contributed by atoms with Crippen LogP contribution in [-0.4, -0.2) is 27.3 Å². The van der Waals surface area contributed by atoms with Crippen molar-refractivity contribution in [2.45, 2.75) is 13.5 Å². The second-order valence-corrected chi connectivity index (χ2v) is 7.12. The van der Waals surface area contributed by atoms with E-state index in [0.717, 1.165) is 27.7 Å². The number of carbonyl (C=O) groups excluding carboxylic acids is 1. The molecule has 2 aromatic carbocycles. The highest BCUT2D eigenvalue weighted by atomic mass is 35.5. The van der Waals surface area contributed by atoms with Gasteiger partial charge in [-0.1, -0.05) is 47.5 Å². The fraction of sp³-hybridized carbons (Fsp3) is 0.143. The summed E-state index contributed by atoms with van der Waals surface area (Å²) in [5.41, 5.74) is 3.86. The topological polar surface area (TPSA) is 59.9 Å². The Labute approximate surface area is 171 Å². The van der Waals surface area contributed by atoms with Gasteiger partial charge < -0.3 is 9.72 Å². The van der Waals surface area contributed by atoms with Gasteiger partial charge in [-0.15, -0.1) is 0 Å². The van der Waals surface area contributed by atoms with Crippen LogP contribution in [-0.2, 0) is 11.3 Å². The lowest BCUT2D eigenvalue weighted by atomic mass is 10.1. The highest BCUT2D eigenvalue weighted by molar-refractivity contribution is 6.35. The number of aromatic nitrogens is 3. The molecule has 0 unspecified atom stereocenters. The van der Waals surface area contributed by atoms with Crippen LogP contribution >= 0.6 is 23.2 Å². The van der Waals surface area contributed by atoms with E-state index in [4.69, 9.17) is 27.9 Å². The molecule has 28 heavy (non-hydrogen) atoms. The van der Waals surface area contributed by atoms with Crippen molar-refractivity contribution in [3.8, 4) is 11.3 Å². The largest absolute Gasteiger partial charge is 0.461 e. The van der Waals surface area contributed by atoms with Gasteiger partial charge in [-0.25, -0.2) is 4.79 Å². The summed E-state index contributed by atoms with van der Waals surface area (Å²) >= 11 is 12.4. The third-order valence-electron chi connectivity index (χ3n) is 4.46. The van der Waals surface area contributed by atoms with Gasteiger partial charge in [-0.3, -0.25) is 4.68 Å². The highest BCUT2D eigenvalue weighted by Crippen LogP contribution is 2.31. The molecule has 2 aromatic heterocycles. The Morgan fingerprint density at radius 3 is 2.79 bits per heavy atom. The van der Waals surface area contributed by atoms with Crippen molar-refractivity contribution >= 4 is 40.1 Å². The van der Waals surface area contributed by atoms with Crippen molar-refractivity contribution < 1.29 is 9.53 Å². The van der Waals surface area contributed by atoms with E-state index in [0.29, 0.717) is 16.6 Å². The van der Waals surface area contributed by atoms with E-state index >= 15 is 0 Å². The molecule has 0 amide bonds. The molecule has 4 aromatic rings. The first-order chi connectivity index (χ1) is 13.6. The van der Waals surface area contributed by atoms with E-state index in [1.165, 1.54) is 0 Å². The molecule has 0 radical (unpaired) electrons. The predicted molar refractivity (Wildman–Crippen MR) is 111 cm³/mol. The van der Waals surface area contributed by atoms with Gasteiger partial charge in [-0.2, -0.15) is 5.10 Å². The summed E-state index contributed by atoms with van der Waals surface area (Å²) in [7, 11) is 0. The van der Waals surface area contributed by atoms with E-state index in [2.05, 4.69) is 10.1 Å². The minimum atomic E-state index is -0.454. The molecule has 0 bridgehead atoms. The number of hydrogen-bond donors (Lipinski definition) is 1. The van der Waals surface area contributed by atoms with Gasteiger partial charge >= 0.3 is 5.97 Å². The zero-order chi connectivity index (χ0) is 19.7. The molecule has 2 heterocycles. The summed E-state index contributed by atoms with van der Waals surface area (Å²) in [5.74, 6) is -0.454. The van der Waals surface area contributed by atoms with Gasteiger partial charge in [0.1, 0.15) is 0 Å². The molecular weight excluding hydrogens is 397 g/mol. The molecule has 0 aliphatic rings. The minimum Gasteiger partial charge on any atom is -0.461 e. The van der Waals surface area contributed by atoms with Crippen LogP contribution in [0.15, 0.2) is 54.7 Å². The Bertz CT molecular complexity index is 1160. The Kier molecular flexibility index (Phi) is 5.11. The van der Waals surface area contributed by atoms with Crippen LogP contribution < -0.4 is 0 Å². The fourth-order valence-electron chi connectivity index (χ4n) is 3.15. The molecule has 7 heteroatoms. The number of hydrogen-bond acceptors (Lipinski definition) is 3. The van der Waals surface area contributed by atoms with Gasteiger partial charge in [0.15, 0.2) is 5.69 Å². The first-order valence-corrected chi connectivity index (χ1v) is 9.58. The van der Waals surface area contributed by atoms with E-state index in [-0.39, 0.29) is 12.3 Å². The number of fused-ring (bicyclic) bond motifs is 1. The molecular formula is C21H17Cl2N3O2. The molecule has 5 nitrogen and oxygen atoms in total. The number of benzene rings is 2. The predicted octanol–water partition coefficient (Wildman–Crippen LogP) is 5.56. The molecule has 1 N–H and O–H groups in total. The maximum Gasteiger partial charge on any atom is 0.358 e. The van der Waals surface area contributed by atoms with Gasteiger partial charge in [0.2, 0.25) is 0 Å². The van der Waals surface area contributed by atoms with E-state index in [1.807, 2.05) is 36.5 Å². The number of esters is 1. The average Bonchev–Trinajstić information content (AvgIpc) is 3.28. The van der Waals surface area contributed by atoms with Crippen LogP contribution in [0.4, 0.5) is 0 Å². The standard InChI is InChI=1S/C21H17Cl2N3O2/c1-2-28-21(27)19-10-20(16-11-24-18-6-4-3-5-15(16)18)26(25-19)12-13-7-8-14(22)9-17(13)23/h3-11,24H,2,12H2,1H3. The summed E-state index contributed by atoms with van der Waals surface area (Å²) < 4.78 is 6.89. The molecule has 0 spiro atoms. The van der Waals surface area contributed by atoms with Gasteiger partial charge in [0.05, 0.1) is 18.8 Å². The Hall–Kier alpha value is -2.76. The molecule has 0 atom stereocenters. The monoisotopic (exact) mass is 413 g/mol. The molecule has 0 saturated heterocycles. The van der Waals surface area contributed by atoms with Crippen LogP contribution in [0.1, 0.15) is 23.0 Å². The number of aromatic amines is 1. The second-order valence-electron chi connectivity index (χ2n) is 6.28. The minimum absolute atomic E-state index is 0.257. The number of nitrogens with zero attached hydrogens (tertiary/aromatic N) is 2. The third-order valence-corrected chi connectivity index (χ3v) is 5.05. The lowest BCUT2D eigenvalue weighted by Gasteiger charge is -2.09. The zero-order valence-corrected chi connectivity index (χ0v) is 16.6. The van der Waals surface area contributed by atoms with E-state index in [1.54, 1.807) is 29.8 Å². The molecule has 4 rings (SSSR count). The zero-order valence-electron chi connectivity index (χ0n) is 15.1. The number of carbonyl (C=O) groups is 1. The van der Waals surface area contributed by atoms with E-state index in [9.17, 15) is 4.79 Å². The quantitative estimate of drug-likeness (QED) is 0.435. The van der Waals surface area contributed by atoms with E-state index < -0.39 is 5.97 Å². The summed E-state index contributed by atoms with van der Waals surface area (Å²) in [6.45, 7) is 2.45. The normalized spacial score (nSPS) is 11.1. The Morgan fingerprint density at radius 2 is 2.00 bits per heavy atom. The molecule has 0 aliphatic carbocycles. The third kappa shape index (κ3) is 3.51. The van der Waals surface area contributed by atoms with Crippen molar-refractivity contribution in [1.82, 2.24) is 14.8 Å². The van der Waals surface area contributed by atoms with Crippen molar-refractivity contribution in [3.05, 3.63) is 76.0 Å². The smallest absolute Gasteiger partial charge is 0.358 e. The first-order valence-electron chi connectivity index (χ1n) is 8.82. The number of rotatable bonds is 5. The number of nitrogens with one attached hydrogen (secondary N) is 1. The SMILES string of the molecule is CCOC(=O)c1cc(-c2c[nH]c3ccccc23)n(Cc2ccc(Cl)cc2Cl)n1. The number of halogens is 2. The summed E-state index contributed by atoms with van der Waals surface area (Å²) in [6, 6.07) is 15.1. The summed E-state index contributed by atoms with van der Waals surface area (Å²) in [5, 5.41) is 6.64.